The average molecular weight is 293 g/mol. The van der Waals surface area contributed by atoms with E-state index in [4.69, 9.17) is 0 Å². The topological polar surface area (TPSA) is 26.3 Å². The second-order valence-electron chi connectivity index (χ2n) is 6.30. The summed E-state index contributed by atoms with van der Waals surface area (Å²) in [5.41, 5.74) is -0.318. The monoisotopic (exact) mass is 292 g/mol. The molecule has 0 aromatic carbocycles. The first kappa shape index (κ1) is 21.1. The zero-order valence-electron chi connectivity index (χ0n) is 13.2. The summed E-state index contributed by atoms with van der Waals surface area (Å²) in [5.74, 6) is 1.06. The highest BCUT2D eigenvalue weighted by molar-refractivity contribution is 5.85. The summed E-state index contributed by atoms with van der Waals surface area (Å²) in [6, 6.07) is 0. The van der Waals surface area contributed by atoms with E-state index >= 15 is 0 Å². The van der Waals surface area contributed by atoms with Crippen molar-refractivity contribution < 1.29 is 9.53 Å². The van der Waals surface area contributed by atoms with Crippen LogP contribution in [0.3, 0.4) is 0 Å². The molecule has 0 heterocycles. The fraction of sp³-hybridized carbons (Fsp3) is 0.938. The van der Waals surface area contributed by atoms with E-state index in [0.717, 1.165) is 5.92 Å². The van der Waals surface area contributed by atoms with Gasteiger partial charge in [-0.05, 0) is 26.7 Å². The lowest BCUT2D eigenvalue weighted by Gasteiger charge is -2.14. The minimum absolute atomic E-state index is 0. The Hall–Kier alpha value is -0.240. The van der Waals surface area contributed by atoms with E-state index in [1.54, 1.807) is 0 Å². The van der Waals surface area contributed by atoms with Crippen LogP contribution in [0.25, 0.3) is 0 Å². The van der Waals surface area contributed by atoms with Gasteiger partial charge in [0.25, 0.3) is 6.47 Å². The highest BCUT2D eigenvalue weighted by Gasteiger charge is 2.08. The normalized spacial score (nSPS) is 17.7. The largest absolute Gasteiger partial charge is 0.462 e. The van der Waals surface area contributed by atoms with E-state index in [1.807, 2.05) is 20.8 Å². The van der Waals surface area contributed by atoms with Gasteiger partial charge in [0.15, 0.2) is 0 Å². The van der Waals surface area contributed by atoms with Crippen molar-refractivity contribution in [3.05, 3.63) is 0 Å². The quantitative estimate of drug-likeness (QED) is 0.626. The fourth-order valence-electron chi connectivity index (χ4n) is 2.27. The van der Waals surface area contributed by atoms with Gasteiger partial charge in [-0.1, -0.05) is 64.7 Å². The highest BCUT2D eigenvalue weighted by Crippen LogP contribution is 2.23. The van der Waals surface area contributed by atoms with Crippen molar-refractivity contribution in [3.63, 3.8) is 0 Å². The molecule has 2 nitrogen and oxygen atoms in total. The van der Waals surface area contributed by atoms with Crippen LogP contribution in [0.1, 0.15) is 85.5 Å². The van der Waals surface area contributed by atoms with Crippen molar-refractivity contribution in [1.29, 1.82) is 0 Å². The van der Waals surface area contributed by atoms with Crippen LogP contribution in [0, 0.1) is 5.92 Å². The smallest absolute Gasteiger partial charge is 0.293 e. The van der Waals surface area contributed by atoms with Crippen molar-refractivity contribution >= 4 is 18.9 Å². The molecule has 1 fully saturated rings. The SMILES string of the molecule is CC(C)(C)OC=O.CCC1CCCCCCCC1.Cl. The number of hydrogen-bond donors (Lipinski definition) is 0. The van der Waals surface area contributed by atoms with E-state index in [0.29, 0.717) is 6.47 Å². The molecule has 0 spiro atoms. The Morgan fingerprint density at radius 1 is 1.00 bits per heavy atom. The Bertz CT molecular complexity index is 189. The maximum Gasteiger partial charge on any atom is 0.293 e. The van der Waals surface area contributed by atoms with Crippen molar-refractivity contribution in [2.24, 2.45) is 5.92 Å². The summed E-state index contributed by atoms with van der Waals surface area (Å²) in [7, 11) is 0. The van der Waals surface area contributed by atoms with Crippen LogP contribution in [0.2, 0.25) is 0 Å². The summed E-state index contributed by atoms with van der Waals surface area (Å²) in [5, 5.41) is 0. The summed E-state index contributed by atoms with van der Waals surface area (Å²) < 4.78 is 4.55. The van der Waals surface area contributed by atoms with Crippen LogP contribution < -0.4 is 0 Å². The van der Waals surface area contributed by atoms with Gasteiger partial charge in [-0.2, -0.15) is 0 Å². The van der Waals surface area contributed by atoms with Gasteiger partial charge in [-0.15, -0.1) is 12.4 Å². The van der Waals surface area contributed by atoms with Crippen molar-refractivity contribution in [2.75, 3.05) is 0 Å². The molecule has 3 heteroatoms. The predicted octanol–water partition coefficient (Wildman–Crippen LogP) is 5.53. The molecule has 0 amide bonds. The van der Waals surface area contributed by atoms with E-state index in [2.05, 4.69) is 11.7 Å². The second-order valence-corrected chi connectivity index (χ2v) is 6.30. The molecule has 0 atom stereocenters. The Balaban J connectivity index is 0. The molecule has 19 heavy (non-hydrogen) atoms. The Morgan fingerprint density at radius 2 is 1.42 bits per heavy atom. The average Bonchev–Trinajstić information content (AvgIpc) is 2.41. The predicted molar refractivity (Wildman–Crippen MR) is 84.9 cm³/mol. The number of carbonyl (C=O) groups excluding carboxylic acids is 1. The van der Waals surface area contributed by atoms with Gasteiger partial charge in [-0.25, -0.2) is 0 Å². The standard InChI is InChI=1S/C11H22.C5H10O2.ClH/c1-2-11-9-7-5-3-4-6-8-10-11;1-5(2,3)7-4-6;/h11H,2-10H2,1H3;4H,1-3H3;1H. The Labute approximate surface area is 126 Å². The molecular formula is C16H33ClO2. The number of halogens is 1. The number of ether oxygens (including phenoxy) is 1. The van der Waals surface area contributed by atoms with E-state index < -0.39 is 0 Å². The van der Waals surface area contributed by atoms with Crippen LogP contribution in [-0.2, 0) is 9.53 Å². The maximum atomic E-state index is 9.60. The van der Waals surface area contributed by atoms with Gasteiger partial charge >= 0.3 is 0 Å². The van der Waals surface area contributed by atoms with Gasteiger partial charge < -0.3 is 4.74 Å². The second kappa shape index (κ2) is 12.8. The third kappa shape index (κ3) is 15.7. The highest BCUT2D eigenvalue weighted by atomic mass is 35.5. The van der Waals surface area contributed by atoms with Crippen LogP contribution in [0.5, 0.6) is 0 Å². The molecule has 1 rings (SSSR count). The van der Waals surface area contributed by atoms with Crippen molar-refractivity contribution in [2.45, 2.75) is 91.1 Å². The van der Waals surface area contributed by atoms with Gasteiger partial charge in [0, 0.05) is 0 Å². The number of rotatable bonds is 2. The Morgan fingerprint density at radius 3 is 1.68 bits per heavy atom. The third-order valence-corrected chi connectivity index (χ3v) is 3.45. The molecule has 0 aromatic heterocycles. The van der Waals surface area contributed by atoms with Crippen LogP contribution in [0.4, 0.5) is 0 Å². The molecule has 1 saturated carbocycles. The summed E-state index contributed by atoms with van der Waals surface area (Å²) >= 11 is 0. The van der Waals surface area contributed by atoms with Crippen molar-refractivity contribution in [3.8, 4) is 0 Å². The van der Waals surface area contributed by atoms with Gasteiger partial charge in [0.05, 0.1) is 0 Å². The third-order valence-electron chi connectivity index (χ3n) is 3.45. The molecule has 1 aliphatic rings. The fourth-order valence-corrected chi connectivity index (χ4v) is 2.27. The summed E-state index contributed by atoms with van der Waals surface area (Å²) in [6.07, 6.45) is 13.4. The molecule has 0 aromatic rings. The molecule has 0 aliphatic heterocycles. The molecule has 0 unspecified atom stereocenters. The molecule has 0 bridgehead atoms. The number of carbonyl (C=O) groups is 1. The van der Waals surface area contributed by atoms with E-state index in [-0.39, 0.29) is 18.0 Å². The molecule has 0 N–H and O–H groups in total. The number of hydrogen-bond acceptors (Lipinski definition) is 2. The first-order valence-electron chi connectivity index (χ1n) is 7.61. The zero-order valence-corrected chi connectivity index (χ0v) is 14.1. The lowest BCUT2D eigenvalue weighted by Crippen LogP contribution is -2.17. The van der Waals surface area contributed by atoms with Gasteiger partial charge in [0.2, 0.25) is 0 Å². The molecule has 116 valence electrons. The van der Waals surface area contributed by atoms with Crippen LogP contribution >= 0.6 is 12.4 Å². The van der Waals surface area contributed by atoms with Gasteiger partial charge in [-0.3, -0.25) is 4.79 Å². The first-order valence-corrected chi connectivity index (χ1v) is 7.61. The van der Waals surface area contributed by atoms with E-state index in [9.17, 15) is 4.79 Å². The summed E-state index contributed by atoms with van der Waals surface area (Å²) in [4.78, 5) is 9.60. The first-order chi connectivity index (χ1) is 8.49. The van der Waals surface area contributed by atoms with Gasteiger partial charge in [0.1, 0.15) is 5.60 Å². The Kier molecular flexibility index (Phi) is 14.2. The minimum Gasteiger partial charge on any atom is -0.462 e. The lowest BCUT2D eigenvalue weighted by molar-refractivity contribution is -0.138. The summed E-state index contributed by atoms with van der Waals surface area (Å²) in [6.45, 7) is 8.27. The molecule has 1 aliphatic carbocycles. The van der Waals surface area contributed by atoms with Crippen molar-refractivity contribution in [1.82, 2.24) is 0 Å². The van der Waals surface area contributed by atoms with Crippen LogP contribution in [-0.4, -0.2) is 12.1 Å². The van der Waals surface area contributed by atoms with Crippen LogP contribution in [0.15, 0.2) is 0 Å². The molecule has 0 saturated heterocycles. The minimum atomic E-state index is -0.318. The zero-order chi connectivity index (χ0) is 13.9. The molecule has 0 radical (unpaired) electrons. The maximum absolute atomic E-state index is 9.60. The lowest BCUT2D eigenvalue weighted by atomic mass is 9.95. The van der Waals surface area contributed by atoms with E-state index in [1.165, 1.54) is 57.8 Å². The molecular weight excluding hydrogens is 260 g/mol.